The molecule has 1 unspecified atom stereocenters. The lowest BCUT2D eigenvalue weighted by Gasteiger charge is -2.19. The number of rotatable bonds is 5. The summed E-state index contributed by atoms with van der Waals surface area (Å²) >= 11 is 0. The molecule has 0 saturated carbocycles. The van der Waals surface area contributed by atoms with Crippen molar-refractivity contribution in [3.05, 3.63) is 162 Å². The standard InChI is InChI=1S/C45H34N2/c1-4-14-32(15-5-1)43-37-20-10-11-21-38(37)44(33-16-6-2-7-17-33)40-30-35(28-29-39(40)43)31-24-26-34(27-25-31)45-46-41-22-12-13-23-42(41)47(45)36-18-8-3-9-19-36/h1-9,12-18,20-30,36H,10-11,19H2. The molecule has 1 heterocycles. The molecule has 2 heteroatoms. The zero-order valence-electron chi connectivity index (χ0n) is 26.2. The number of benzene rings is 6. The first-order valence-electron chi connectivity index (χ1n) is 16.7. The summed E-state index contributed by atoms with van der Waals surface area (Å²) in [5, 5.41) is 5.30. The van der Waals surface area contributed by atoms with Crippen molar-refractivity contribution in [1.82, 2.24) is 9.55 Å². The fourth-order valence-corrected chi connectivity index (χ4v) is 7.57. The Bertz CT molecular complexity index is 2460. The predicted molar refractivity (Wildman–Crippen MR) is 198 cm³/mol. The number of para-hydroxylation sites is 2. The van der Waals surface area contributed by atoms with Crippen LogP contribution in [0.25, 0.3) is 78.7 Å². The summed E-state index contributed by atoms with van der Waals surface area (Å²) in [6.45, 7) is 0. The first-order chi connectivity index (χ1) is 23.3. The van der Waals surface area contributed by atoms with Crippen LogP contribution in [0.1, 0.15) is 25.3 Å². The van der Waals surface area contributed by atoms with Crippen molar-refractivity contribution < 1.29 is 0 Å². The van der Waals surface area contributed by atoms with Crippen molar-refractivity contribution in [2.24, 2.45) is 0 Å². The molecular formula is C45H34N2. The monoisotopic (exact) mass is 602 g/mol. The highest BCUT2D eigenvalue weighted by molar-refractivity contribution is 6.07. The van der Waals surface area contributed by atoms with Crippen LogP contribution in [-0.4, -0.2) is 9.55 Å². The van der Waals surface area contributed by atoms with Crippen LogP contribution in [0.5, 0.6) is 0 Å². The van der Waals surface area contributed by atoms with Crippen LogP contribution in [0.2, 0.25) is 0 Å². The van der Waals surface area contributed by atoms with Crippen LogP contribution in [-0.2, 0) is 0 Å². The molecule has 0 N–H and O–H groups in total. The Hall–Kier alpha value is -5.73. The molecule has 6 aromatic carbocycles. The van der Waals surface area contributed by atoms with Gasteiger partial charge in [0.2, 0.25) is 0 Å². The molecule has 1 aromatic heterocycles. The molecule has 0 amide bonds. The van der Waals surface area contributed by atoms with Crippen LogP contribution in [0.15, 0.2) is 152 Å². The molecule has 2 aliphatic rings. The Kier molecular flexibility index (Phi) is 6.79. The second-order valence-electron chi connectivity index (χ2n) is 12.5. The average Bonchev–Trinajstić information content (AvgIpc) is 3.54. The highest BCUT2D eigenvalue weighted by Crippen LogP contribution is 2.37. The van der Waals surface area contributed by atoms with Crippen LogP contribution in [0.4, 0.5) is 0 Å². The third-order valence-electron chi connectivity index (χ3n) is 9.74. The van der Waals surface area contributed by atoms with E-state index in [1.54, 1.807) is 0 Å². The van der Waals surface area contributed by atoms with Crippen molar-refractivity contribution in [2.45, 2.75) is 25.3 Å². The Morgan fingerprint density at radius 1 is 0.532 bits per heavy atom. The first-order valence-corrected chi connectivity index (χ1v) is 16.7. The zero-order valence-corrected chi connectivity index (χ0v) is 26.2. The molecule has 0 bridgehead atoms. The molecule has 0 saturated heterocycles. The Labute approximate surface area is 275 Å². The van der Waals surface area contributed by atoms with E-state index in [2.05, 4.69) is 168 Å². The van der Waals surface area contributed by atoms with E-state index in [0.717, 1.165) is 36.2 Å². The molecule has 224 valence electrons. The minimum atomic E-state index is 0.248. The number of aromatic nitrogens is 2. The lowest BCUT2D eigenvalue weighted by atomic mass is 9.85. The van der Waals surface area contributed by atoms with E-state index in [4.69, 9.17) is 4.98 Å². The fourth-order valence-electron chi connectivity index (χ4n) is 7.57. The molecule has 1 atom stereocenters. The van der Waals surface area contributed by atoms with E-state index >= 15 is 0 Å². The maximum Gasteiger partial charge on any atom is 0.141 e. The van der Waals surface area contributed by atoms with Crippen LogP contribution < -0.4 is 10.4 Å². The quantitative estimate of drug-likeness (QED) is 0.192. The number of allylic oxidation sites excluding steroid dienone is 4. The van der Waals surface area contributed by atoms with Gasteiger partial charge in [-0.15, -0.1) is 0 Å². The summed E-state index contributed by atoms with van der Waals surface area (Å²) in [5.41, 5.74) is 10.9. The van der Waals surface area contributed by atoms with E-state index in [-0.39, 0.29) is 6.04 Å². The highest BCUT2D eigenvalue weighted by Gasteiger charge is 2.20. The Morgan fingerprint density at radius 2 is 1.15 bits per heavy atom. The lowest BCUT2D eigenvalue weighted by molar-refractivity contribution is 0.631. The first kappa shape index (κ1) is 27.6. The highest BCUT2D eigenvalue weighted by atomic mass is 15.1. The van der Waals surface area contributed by atoms with Crippen LogP contribution in [0.3, 0.4) is 0 Å². The summed E-state index contributed by atoms with van der Waals surface area (Å²) in [6, 6.07) is 46.6. The molecule has 7 aromatic rings. The summed E-state index contributed by atoms with van der Waals surface area (Å²) in [5.74, 6) is 1.01. The van der Waals surface area contributed by atoms with Gasteiger partial charge in [-0.05, 0) is 92.1 Å². The van der Waals surface area contributed by atoms with Gasteiger partial charge in [-0.3, -0.25) is 0 Å². The van der Waals surface area contributed by atoms with Crippen molar-refractivity contribution >= 4 is 34.0 Å². The van der Waals surface area contributed by atoms with Gasteiger partial charge in [-0.25, -0.2) is 4.98 Å². The van der Waals surface area contributed by atoms with Gasteiger partial charge in [0.15, 0.2) is 0 Å². The Balaban J connectivity index is 1.22. The van der Waals surface area contributed by atoms with Gasteiger partial charge in [0.1, 0.15) is 5.82 Å². The van der Waals surface area contributed by atoms with Crippen LogP contribution in [0, 0.1) is 0 Å². The second kappa shape index (κ2) is 11.6. The molecule has 9 rings (SSSR count). The average molecular weight is 603 g/mol. The van der Waals surface area contributed by atoms with E-state index in [1.807, 2.05) is 0 Å². The molecule has 0 fully saturated rings. The predicted octanol–water partition coefficient (Wildman–Crippen LogP) is 10.3. The van der Waals surface area contributed by atoms with E-state index in [9.17, 15) is 0 Å². The zero-order chi connectivity index (χ0) is 31.2. The third kappa shape index (κ3) is 4.76. The van der Waals surface area contributed by atoms with Gasteiger partial charge in [0.05, 0.1) is 17.1 Å². The normalized spacial score (nSPS) is 15.4. The largest absolute Gasteiger partial charge is 0.317 e. The van der Waals surface area contributed by atoms with Crippen LogP contribution >= 0.6 is 0 Å². The third-order valence-corrected chi connectivity index (χ3v) is 9.74. The van der Waals surface area contributed by atoms with Crippen molar-refractivity contribution in [3.63, 3.8) is 0 Å². The maximum atomic E-state index is 5.12. The second-order valence-corrected chi connectivity index (χ2v) is 12.5. The van der Waals surface area contributed by atoms with Gasteiger partial charge >= 0.3 is 0 Å². The molecule has 2 nitrogen and oxygen atoms in total. The summed E-state index contributed by atoms with van der Waals surface area (Å²) in [7, 11) is 0. The van der Waals surface area contributed by atoms with Gasteiger partial charge in [0, 0.05) is 5.56 Å². The van der Waals surface area contributed by atoms with Gasteiger partial charge < -0.3 is 4.57 Å². The molecule has 0 spiro atoms. The Morgan fingerprint density at radius 3 is 1.83 bits per heavy atom. The molecule has 0 aliphatic heterocycles. The minimum absolute atomic E-state index is 0.248. The lowest BCUT2D eigenvalue weighted by Crippen LogP contribution is -2.31. The maximum absolute atomic E-state index is 5.12. The summed E-state index contributed by atoms with van der Waals surface area (Å²) < 4.78 is 2.40. The molecular weight excluding hydrogens is 569 g/mol. The number of imidazole rings is 1. The molecule has 0 radical (unpaired) electrons. The summed E-state index contributed by atoms with van der Waals surface area (Å²) in [4.78, 5) is 5.12. The number of hydrogen-bond donors (Lipinski definition) is 0. The topological polar surface area (TPSA) is 17.8 Å². The van der Waals surface area contributed by atoms with Crippen molar-refractivity contribution in [2.75, 3.05) is 0 Å². The van der Waals surface area contributed by atoms with Gasteiger partial charge in [0.25, 0.3) is 0 Å². The minimum Gasteiger partial charge on any atom is -0.317 e. The number of fused-ring (bicyclic) bond motifs is 3. The van der Waals surface area contributed by atoms with E-state index in [0.29, 0.717) is 0 Å². The van der Waals surface area contributed by atoms with Crippen molar-refractivity contribution in [3.8, 4) is 44.8 Å². The fraction of sp³-hybridized carbons (Fsp3) is 0.0889. The molecule has 47 heavy (non-hydrogen) atoms. The van der Waals surface area contributed by atoms with E-state index in [1.165, 1.54) is 60.1 Å². The van der Waals surface area contributed by atoms with Crippen molar-refractivity contribution in [1.29, 1.82) is 0 Å². The van der Waals surface area contributed by atoms with Gasteiger partial charge in [-0.2, -0.15) is 0 Å². The van der Waals surface area contributed by atoms with Gasteiger partial charge in [-0.1, -0.05) is 146 Å². The number of nitrogens with zero attached hydrogens (tertiary/aromatic N) is 2. The number of hydrogen-bond acceptors (Lipinski definition) is 1. The smallest absolute Gasteiger partial charge is 0.141 e. The molecule has 2 aliphatic carbocycles. The van der Waals surface area contributed by atoms with E-state index < -0.39 is 0 Å². The summed E-state index contributed by atoms with van der Waals surface area (Å²) in [6.07, 6.45) is 16.8. The SMILES string of the molecule is C1=CCC(n2c(-c3ccc(-c4ccc5c(-c6ccccc6)c6c(c(-c7ccccc7)c5c4)=CCCC=6)cc3)nc3ccccc32)C=C1.